The van der Waals surface area contributed by atoms with Crippen LogP contribution in [0.2, 0.25) is 0 Å². The van der Waals surface area contributed by atoms with E-state index in [-0.39, 0.29) is 30.0 Å². The van der Waals surface area contributed by atoms with Crippen molar-refractivity contribution in [2.45, 2.75) is 111 Å². The zero-order chi connectivity index (χ0) is 33.0. The summed E-state index contributed by atoms with van der Waals surface area (Å²) >= 11 is 0. The molecule has 1 aromatic carbocycles. The molecule has 1 aliphatic rings. The van der Waals surface area contributed by atoms with E-state index in [4.69, 9.17) is 14.2 Å². The van der Waals surface area contributed by atoms with E-state index in [1.807, 2.05) is 20.8 Å². The Kier molecular flexibility index (Phi) is 14.3. The van der Waals surface area contributed by atoms with Crippen molar-refractivity contribution in [3.63, 3.8) is 0 Å². The van der Waals surface area contributed by atoms with Gasteiger partial charge in [-0.15, -0.1) is 0 Å². The van der Waals surface area contributed by atoms with Crippen molar-refractivity contribution in [1.82, 2.24) is 5.32 Å². The predicted molar refractivity (Wildman–Crippen MR) is 161 cm³/mol. The summed E-state index contributed by atoms with van der Waals surface area (Å²) in [5, 5.41) is 15.2. The van der Waals surface area contributed by atoms with Crippen LogP contribution in [0, 0.1) is 17.8 Å². The number of carbonyl (C=O) groups is 6. The molecule has 1 heterocycles. The van der Waals surface area contributed by atoms with Crippen LogP contribution in [0.15, 0.2) is 18.2 Å². The third-order valence-corrected chi connectivity index (χ3v) is 7.65. The lowest BCUT2D eigenvalue weighted by Gasteiger charge is -2.31. The number of amides is 2. The zero-order valence-corrected chi connectivity index (χ0v) is 26.4. The summed E-state index contributed by atoms with van der Waals surface area (Å²) in [6.45, 7) is 10.6. The monoisotopic (exact) mass is 618 g/mol. The van der Waals surface area contributed by atoms with Crippen LogP contribution in [-0.4, -0.2) is 65.5 Å². The normalized spacial score (nSPS) is 23.8. The molecule has 6 atom stereocenters. The highest BCUT2D eigenvalue weighted by atomic mass is 16.6. The van der Waals surface area contributed by atoms with Crippen molar-refractivity contribution < 1.29 is 48.1 Å². The fourth-order valence-electron chi connectivity index (χ4n) is 4.84. The second-order valence-electron chi connectivity index (χ2n) is 11.7. The molecule has 1 fully saturated rings. The molecular formula is C32H46N2O10. The Morgan fingerprint density at radius 3 is 2.27 bits per heavy atom. The molecule has 1 aromatic rings. The van der Waals surface area contributed by atoms with Gasteiger partial charge in [0.2, 0.25) is 12.5 Å². The van der Waals surface area contributed by atoms with E-state index in [9.17, 15) is 33.9 Å². The summed E-state index contributed by atoms with van der Waals surface area (Å²) in [6.07, 6.45) is 0.398. The number of benzene rings is 1. The largest absolute Gasteiger partial charge is 0.507 e. The molecule has 0 saturated carbocycles. The van der Waals surface area contributed by atoms with Crippen LogP contribution in [0.25, 0.3) is 0 Å². The number of anilines is 1. The summed E-state index contributed by atoms with van der Waals surface area (Å²) in [7, 11) is 0. The first-order chi connectivity index (χ1) is 20.8. The number of aromatic hydroxyl groups is 1. The molecule has 12 heteroatoms. The van der Waals surface area contributed by atoms with Gasteiger partial charge < -0.3 is 30.0 Å². The van der Waals surface area contributed by atoms with Gasteiger partial charge in [0, 0.05) is 17.7 Å². The summed E-state index contributed by atoms with van der Waals surface area (Å²) in [5.41, 5.74) is -0.0145. The van der Waals surface area contributed by atoms with E-state index < -0.39 is 71.5 Å². The van der Waals surface area contributed by atoms with E-state index in [2.05, 4.69) is 10.6 Å². The molecule has 3 N–H and O–H groups in total. The highest BCUT2D eigenvalue weighted by Crippen LogP contribution is 2.26. The number of hydrogen-bond donors (Lipinski definition) is 3. The highest BCUT2D eigenvalue weighted by Gasteiger charge is 2.43. The number of phenols is 1. The first-order valence-corrected chi connectivity index (χ1v) is 15.3. The highest BCUT2D eigenvalue weighted by molar-refractivity contribution is 6.03. The SMILES string of the molecule is CCCCCCC1C(=O)O[C@H](C)C(NC(=O)c2ccc(NC=O)cc2O)C(=O)O[C@@H]([C@@H](C)CC)C(=O)O[C@@H](CC(C)C)C1=O. The minimum absolute atomic E-state index is 0.0516. The number of nitrogens with one attached hydrogen (secondary N) is 2. The second-order valence-corrected chi connectivity index (χ2v) is 11.7. The van der Waals surface area contributed by atoms with Crippen LogP contribution < -0.4 is 10.6 Å². The Labute approximate surface area is 258 Å². The van der Waals surface area contributed by atoms with Crippen LogP contribution in [0.4, 0.5) is 5.69 Å². The number of hydrogen-bond acceptors (Lipinski definition) is 10. The van der Waals surface area contributed by atoms with Crippen LogP contribution in [-0.2, 0) is 38.2 Å². The first-order valence-electron chi connectivity index (χ1n) is 15.3. The minimum Gasteiger partial charge on any atom is -0.507 e. The maximum Gasteiger partial charge on any atom is 0.348 e. The van der Waals surface area contributed by atoms with Gasteiger partial charge in [-0.1, -0.05) is 60.3 Å². The molecule has 1 aliphatic heterocycles. The van der Waals surface area contributed by atoms with E-state index in [1.165, 1.54) is 19.1 Å². The van der Waals surface area contributed by atoms with Gasteiger partial charge in [0.25, 0.3) is 5.91 Å². The van der Waals surface area contributed by atoms with E-state index in [0.717, 1.165) is 25.3 Å². The number of ketones is 1. The zero-order valence-electron chi connectivity index (χ0n) is 26.4. The maximum absolute atomic E-state index is 13.8. The van der Waals surface area contributed by atoms with Crippen LogP contribution in [0.5, 0.6) is 5.75 Å². The van der Waals surface area contributed by atoms with Crippen molar-refractivity contribution >= 4 is 41.7 Å². The molecule has 1 saturated heterocycles. The molecule has 0 spiro atoms. The molecule has 0 aliphatic carbocycles. The molecule has 12 nitrogen and oxygen atoms in total. The Hall–Kier alpha value is -3.96. The third-order valence-electron chi connectivity index (χ3n) is 7.65. The maximum atomic E-state index is 13.8. The number of carbonyl (C=O) groups excluding carboxylic acids is 6. The number of unbranched alkanes of at least 4 members (excludes halogenated alkanes) is 3. The number of phenolic OH excluding ortho intramolecular Hbond substituents is 1. The van der Waals surface area contributed by atoms with Crippen molar-refractivity contribution in [3.05, 3.63) is 23.8 Å². The van der Waals surface area contributed by atoms with E-state index in [1.54, 1.807) is 13.8 Å². The van der Waals surface area contributed by atoms with Crippen LogP contribution >= 0.6 is 0 Å². The average molecular weight is 619 g/mol. The van der Waals surface area contributed by atoms with Crippen molar-refractivity contribution in [1.29, 1.82) is 0 Å². The van der Waals surface area contributed by atoms with Gasteiger partial charge in [0.1, 0.15) is 17.8 Å². The molecule has 0 bridgehead atoms. The predicted octanol–water partition coefficient (Wildman–Crippen LogP) is 4.08. The molecule has 2 amide bonds. The van der Waals surface area contributed by atoms with Gasteiger partial charge in [-0.2, -0.15) is 0 Å². The quantitative estimate of drug-likeness (QED) is 0.0961. The number of Topliss-reactive ketones (excluding diaryl/α,β-unsaturated/α-hetero) is 1. The number of rotatable bonds is 13. The molecule has 2 rings (SSSR count). The van der Waals surface area contributed by atoms with Gasteiger partial charge >= 0.3 is 17.9 Å². The lowest BCUT2D eigenvalue weighted by molar-refractivity contribution is -0.184. The van der Waals surface area contributed by atoms with Gasteiger partial charge in [0.05, 0.1) is 5.56 Å². The smallest absolute Gasteiger partial charge is 0.348 e. The van der Waals surface area contributed by atoms with Gasteiger partial charge in [-0.25, -0.2) is 9.59 Å². The van der Waals surface area contributed by atoms with Crippen molar-refractivity contribution in [2.24, 2.45) is 17.8 Å². The topological polar surface area (TPSA) is 174 Å². The van der Waals surface area contributed by atoms with Crippen molar-refractivity contribution in [3.8, 4) is 5.75 Å². The Bertz CT molecular complexity index is 1180. The Morgan fingerprint density at radius 2 is 1.68 bits per heavy atom. The number of cyclic esters (lactones) is 3. The molecule has 44 heavy (non-hydrogen) atoms. The standard InChI is InChI=1S/C32H46N2O10/c1-7-9-10-11-12-23-27(37)25(15-18(3)4)43-32(41)28(19(5)8-2)44-31(40)26(20(6)42-30(23)39)34-29(38)22-14-13-21(33-17-35)16-24(22)36/h13-14,16-20,23,25-26,28,36H,7-12,15H2,1-6H3,(H,33,35)(H,34,38)/t19-,20+,23?,25-,26?,28-/m0/s1. The molecular weight excluding hydrogens is 572 g/mol. The summed E-state index contributed by atoms with van der Waals surface area (Å²) in [4.78, 5) is 78.2. The fourth-order valence-corrected chi connectivity index (χ4v) is 4.84. The molecule has 244 valence electrons. The molecule has 2 unspecified atom stereocenters. The fraction of sp³-hybridized carbons (Fsp3) is 0.625. The number of esters is 3. The van der Waals surface area contributed by atoms with Gasteiger partial charge in [0.15, 0.2) is 17.9 Å². The molecule has 0 aromatic heterocycles. The Morgan fingerprint density at radius 1 is 0.977 bits per heavy atom. The third kappa shape index (κ3) is 10.1. The number of ether oxygens (including phenoxy) is 3. The molecule has 0 radical (unpaired) electrons. The summed E-state index contributed by atoms with van der Waals surface area (Å²) < 4.78 is 16.9. The Balaban J connectivity index is 2.52. The lowest BCUT2D eigenvalue weighted by atomic mass is 9.89. The average Bonchev–Trinajstić information content (AvgIpc) is 2.96. The van der Waals surface area contributed by atoms with E-state index >= 15 is 0 Å². The summed E-state index contributed by atoms with van der Waals surface area (Å²) in [6, 6.07) is 2.12. The minimum atomic E-state index is -1.61. The lowest BCUT2D eigenvalue weighted by Crippen LogP contribution is -2.53. The van der Waals surface area contributed by atoms with Gasteiger partial charge in [-0.3, -0.25) is 19.2 Å². The van der Waals surface area contributed by atoms with Crippen molar-refractivity contribution in [2.75, 3.05) is 5.32 Å². The van der Waals surface area contributed by atoms with Crippen LogP contribution in [0.3, 0.4) is 0 Å². The van der Waals surface area contributed by atoms with E-state index in [0.29, 0.717) is 19.3 Å². The van der Waals surface area contributed by atoms with Gasteiger partial charge in [-0.05, 0) is 44.2 Å². The summed E-state index contributed by atoms with van der Waals surface area (Å²) in [5.74, 6) is -6.67. The second kappa shape index (κ2) is 17.4. The van der Waals surface area contributed by atoms with Crippen LogP contribution in [0.1, 0.15) is 96.8 Å². The first kappa shape index (κ1) is 36.2.